The molecule has 13 nitrogen and oxygen atoms in total. The van der Waals surface area contributed by atoms with Gasteiger partial charge in [0.05, 0.1) is 12.3 Å². The van der Waals surface area contributed by atoms with E-state index < -0.39 is 54.3 Å². The van der Waals surface area contributed by atoms with Crippen molar-refractivity contribution in [3.63, 3.8) is 0 Å². The molecule has 17 heteroatoms. The van der Waals surface area contributed by atoms with E-state index >= 15 is 0 Å². The monoisotopic (exact) mass is 393 g/mol. The number of rotatable bonds is 8. The second-order valence-electron chi connectivity index (χ2n) is 4.07. The molecular formula is C4H15NO12P4. The van der Waals surface area contributed by atoms with Crippen molar-refractivity contribution < 1.29 is 57.4 Å². The van der Waals surface area contributed by atoms with Crippen molar-refractivity contribution in [2.75, 3.05) is 12.3 Å². The highest BCUT2D eigenvalue weighted by molar-refractivity contribution is 7.57. The van der Waals surface area contributed by atoms with Crippen molar-refractivity contribution in [1.29, 1.82) is 0 Å². The predicted molar refractivity (Wildman–Crippen MR) is 68.6 cm³/mol. The van der Waals surface area contributed by atoms with Gasteiger partial charge in [-0.25, -0.2) is 0 Å². The molecule has 2 unspecified atom stereocenters. The molecule has 0 radical (unpaired) electrons. The summed E-state index contributed by atoms with van der Waals surface area (Å²) in [5, 5.41) is 1.54. The third-order valence-corrected chi connectivity index (χ3v) is 6.56. The summed E-state index contributed by atoms with van der Waals surface area (Å²) in [6, 6.07) is 0. The van der Waals surface area contributed by atoms with Crippen LogP contribution in [0.5, 0.6) is 0 Å². The van der Waals surface area contributed by atoms with E-state index in [4.69, 9.17) is 39.1 Å². The zero-order valence-corrected chi connectivity index (χ0v) is 13.6. The first-order chi connectivity index (χ1) is 8.92. The summed E-state index contributed by atoms with van der Waals surface area (Å²) in [6.07, 6.45) is -2.95. The van der Waals surface area contributed by atoms with Crippen LogP contribution in [0.4, 0.5) is 0 Å². The molecule has 0 aromatic heterocycles. The molecule has 9 N–H and O–H groups in total. The van der Waals surface area contributed by atoms with Crippen molar-refractivity contribution in [1.82, 2.24) is 5.32 Å². The van der Waals surface area contributed by atoms with Gasteiger partial charge in [0, 0.05) is 0 Å². The van der Waals surface area contributed by atoms with E-state index in [2.05, 4.69) is 0 Å². The molecule has 0 amide bonds. The van der Waals surface area contributed by atoms with Gasteiger partial charge in [-0.15, -0.1) is 0 Å². The Balaban J connectivity index is 5.43. The maximum atomic E-state index is 11.1. The molecule has 0 aromatic carbocycles. The number of hydrogen-bond acceptors (Lipinski definition) is 5. The fourth-order valence-corrected chi connectivity index (χ4v) is 6.14. The molecule has 2 atom stereocenters. The van der Waals surface area contributed by atoms with Crippen LogP contribution in [0.15, 0.2) is 0 Å². The lowest BCUT2D eigenvalue weighted by molar-refractivity contribution is 0.315. The minimum atomic E-state index is -5.26. The lowest BCUT2D eigenvalue weighted by Gasteiger charge is -2.27. The van der Waals surface area contributed by atoms with Gasteiger partial charge < -0.3 is 39.1 Å². The molecule has 0 aliphatic rings. The Bertz CT molecular complexity index is 487. The first-order valence-electron chi connectivity index (χ1n) is 4.87. The molecule has 0 bridgehead atoms. The minimum Gasteiger partial charge on any atom is -0.324 e. The normalized spacial score (nSPS) is 17.5. The highest BCUT2D eigenvalue weighted by Gasteiger charge is 2.42. The van der Waals surface area contributed by atoms with Crippen molar-refractivity contribution in [3.05, 3.63) is 0 Å². The molecule has 0 aromatic rings. The smallest absolute Gasteiger partial charge is 0.324 e. The van der Waals surface area contributed by atoms with Gasteiger partial charge in [-0.05, 0) is 0 Å². The van der Waals surface area contributed by atoms with Crippen molar-refractivity contribution in [2.24, 2.45) is 0 Å². The van der Waals surface area contributed by atoms with E-state index in [1.165, 1.54) is 5.32 Å². The van der Waals surface area contributed by atoms with Crippen LogP contribution in [0, 0.1) is 0 Å². The summed E-state index contributed by atoms with van der Waals surface area (Å²) < 4.78 is 43.7. The SMILES string of the molecule is O=P(O)(O)CC(NC(CP(=O)(O)O)P(=O)(O)O)P(=O)(O)O. The Morgan fingerprint density at radius 3 is 1.00 bits per heavy atom. The minimum absolute atomic E-state index is 1.48. The van der Waals surface area contributed by atoms with E-state index in [0.717, 1.165) is 0 Å². The van der Waals surface area contributed by atoms with Crippen LogP contribution in [0.2, 0.25) is 0 Å². The molecule has 0 saturated carbocycles. The summed E-state index contributed by atoms with van der Waals surface area (Å²) in [4.78, 5) is 70.4. The second kappa shape index (κ2) is 6.98. The highest BCUT2D eigenvalue weighted by atomic mass is 31.2. The van der Waals surface area contributed by atoms with Gasteiger partial charge in [-0.2, -0.15) is 0 Å². The first-order valence-corrected chi connectivity index (χ1v) is 11.8. The van der Waals surface area contributed by atoms with Gasteiger partial charge in [0.25, 0.3) is 0 Å². The van der Waals surface area contributed by atoms with Gasteiger partial charge in [-0.1, -0.05) is 0 Å². The summed E-state index contributed by atoms with van der Waals surface area (Å²) in [6.45, 7) is 0. The molecule has 0 rings (SSSR count). The Hall–Kier alpha value is 0.560. The molecule has 0 spiro atoms. The van der Waals surface area contributed by atoms with Gasteiger partial charge in [0.2, 0.25) is 0 Å². The zero-order valence-electron chi connectivity index (χ0n) is 10.1. The average molecular weight is 393 g/mol. The maximum absolute atomic E-state index is 11.1. The van der Waals surface area contributed by atoms with Crippen LogP contribution in [-0.4, -0.2) is 63.0 Å². The Morgan fingerprint density at radius 2 is 0.857 bits per heavy atom. The lowest BCUT2D eigenvalue weighted by Crippen LogP contribution is -2.42. The highest BCUT2D eigenvalue weighted by Crippen LogP contribution is 2.52. The summed E-state index contributed by atoms with van der Waals surface area (Å²) in [5.41, 5.74) is 0. The van der Waals surface area contributed by atoms with E-state index in [9.17, 15) is 18.3 Å². The fourth-order valence-electron chi connectivity index (χ4n) is 1.18. The standard InChI is InChI=1S/C4H15NO12P4/c6-18(7,8)1-3(20(12,13)14)5-4(21(15,16)17)2-19(9,10)11/h3-5H,1-2H2,(H2,6,7,8)(H2,9,10,11)(H2,12,13,14)(H2,15,16,17). The summed E-state index contributed by atoms with van der Waals surface area (Å²) >= 11 is 0. The Morgan fingerprint density at radius 1 is 0.619 bits per heavy atom. The maximum Gasteiger partial charge on any atom is 0.343 e. The predicted octanol–water partition coefficient (Wildman–Crippen LogP) is -2.06. The van der Waals surface area contributed by atoms with Crippen LogP contribution in [0.3, 0.4) is 0 Å². The van der Waals surface area contributed by atoms with Crippen LogP contribution >= 0.6 is 30.4 Å². The van der Waals surface area contributed by atoms with Crippen LogP contribution in [0.25, 0.3) is 0 Å². The van der Waals surface area contributed by atoms with Crippen LogP contribution < -0.4 is 5.32 Å². The van der Waals surface area contributed by atoms with Crippen molar-refractivity contribution in [2.45, 2.75) is 11.6 Å². The largest absolute Gasteiger partial charge is 0.343 e. The van der Waals surface area contributed by atoms with Gasteiger partial charge >= 0.3 is 30.4 Å². The number of hydrogen-bond donors (Lipinski definition) is 9. The molecule has 0 heterocycles. The topological polar surface area (TPSA) is 242 Å². The molecule has 0 fully saturated rings. The van der Waals surface area contributed by atoms with Gasteiger partial charge in [0.15, 0.2) is 0 Å². The van der Waals surface area contributed by atoms with Crippen molar-refractivity contribution >= 4 is 30.4 Å². The van der Waals surface area contributed by atoms with E-state index in [0.29, 0.717) is 0 Å². The van der Waals surface area contributed by atoms with Crippen LogP contribution in [0.1, 0.15) is 0 Å². The second-order valence-corrected chi connectivity index (χ2v) is 11.1. The fraction of sp³-hybridized carbons (Fsp3) is 1.00. The Kier molecular flexibility index (Phi) is 7.17. The third-order valence-electron chi connectivity index (χ3n) is 2.02. The Labute approximate surface area is 118 Å². The quantitative estimate of drug-likeness (QED) is 0.202. The zero-order chi connectivity index (χ0) is 17.3. The average Bonchev–Trinajstić information content (AvgIpc) is 2.07. The van der Waals surface area contributed by atoms with E-state index in [1.54, 1.807) is 0 Å². The molecule has 128 valence electrons. The molecule has 0 aliphatic heterocycles. The lowest BCUT2D eigenvalue weighted by atomic mass is 10.6. The molecular weight excluding hydrogens is 378 g/mol. The van der Waals surface area contributed by atoms with E-state index in [1.807, 2.05) is 0 Å². The van der Waals surface area contributed by atoms with Crippen LogP contribution in [-0.2, 0) is 18.3 Å². The van der Waals surface area contributed by atoms with Gasteiger partial charge in [0.1, 0.15) is 11.6 Å². The molecule has 0 saturated heterocycles. The van der Waals surface area contributed by atoms with E-state index in [-0.39, 0.29) is 0 Å². The molecule has 0 aliphatic carbocycles. The number of nitrogens with one attached hydrogen (secondary N) is 1. The van der Waals surface area contributed by atoms with Gasteiger partial charge in [-0.3, -0.25) is 23.6 Å². The first kappa shape index (κ1) is 21.6. The van der Waals surface area contributed by atoms with Crippen molar-refractivity contribution in [3.8, 4) is 0 Å². The third kappa shape index (κ3) is 10.0. The molecule has 21 heavy (non-hydrogen) atoms. The summed E-state index contributed by atoms with van der Waals surface area (Å²) in [5.74, 6) is -4.77. The summed E-state index contributed by atoms with van der Waals surface area (Å²) in [7, 11) is -20.5.